The van der Waals surface area contributed by atoms with Crippen molar-refractivity contribution in [1.29, 1.82) is 0 Å². The van der Waals surface area contributed by atoms with E-state index in [2.05, 4.69) is 6.92 Å². The summed E-state index contributed by atoms with van der Waals surface area (Å²) < 4.78 is 0. The Morgan fingerprint density at radius 2 is 1.78 bits per heavy atom. The van der Waals surface area contributed by atoms with Crippen LogP contribution in [0.2, 0.25) is 0 Å². The summed E-state index contributed by atoms with van der Waals surface area (Å²) in [6.45, 7) is 7.55. The molecule has 18 heavy (non-hydrogen) atoms. The first-order valence-corrected chi connectivity index (χ1v) is 6.91. The van der Waals surface area contributed by atoms with Gasteiger partial charge < -0.3 is 10.0 Å². The largest absolute Gasteiger partial charge is 0.481 e. The summed E-state index contributed by atoms with van der Waals surface area (Å²) in [6, 6.07) is 0. The third-order valence-electron chi connectivity index (χ3n) is 4.86. The number of piperidine rings is 1. The molecule has 0 radical (unpaired) electrons. The maximum atomic E-state index is 12.3. The van der Waals surface area contributed by atoms with Crippen LogP contribution in [0.4, 0.5) is 0 Å². The summed E-state index contributed by atoms with van der Waals surface area (Å²) in [5, 5.41) is 9.12. The molecule has 0 bridgehead atoms. The Morgan fingerprint density at radius 1 is 1.22 bits per heavy atom. The highest BCUT2D eigenvalue weighted by Crippen LogP contribution is 2.59. The van der Waals surface area contributed by atoms with Gasteiger partial charge in [0.1, 0.15) is 0 Å². The molecular weight excluding hydrogens is 230 g/mol. The Kier molecular flexibility index (Phi) is 3.39. The van der Waals surface area contributed by atoms with Crippen molar-refractivity contribution in [3.63, 3.8) is 0 Å². The molecule has 0 spiro atoms. The van der Waals surface area contributed by atoms with Crippen LogP contribution in [-0.4, -0.2) is 35.0 Å². The first-order valence-electron chi connectivity index (χ1n) is 6.91. The highest BCUT2D eigenvalue weighted by atomic mass is 16.4. The lowest BCUT2D eigenvalue weighted by molar-refractivity contribution is -0.142. The second kappa shape index (κ2) is 4.56. The molecule has 1 N–H and O–H groups in total. The van der Waals surface area contributed by atoms with Crippen molar-refractivity contribution in [2.24, 2.45) is 23.2 Å². The zero-order chi connectivity index (χ0) is 13.5. The molecule has 1 saturated heterocycles. The van der Waals surface area contributed by atoms with Gasteiger partial charge in [-0.15, -0.1) is 0 Å². The summed E-state index contributed by atoms with van der Waals surface area (Å²) in [5.41, 5.74) is -0.371. The minimum Gasteiger partial charge on any atom is -0.481 e. The van der Waals surface area contributed by atoms with Gasteiger partial charge in [-0.05, 0) is 24.2 Å². The Hall–Kier alpha value is -1.06. The standard InChI is InChI=1S/C14H23NO3/c1-4-9-5-7-15(8-6-9)12(16)10-11(13(17)18)14(10,2)3/h9-11H,4-8H2,1-3H3,(H,17,18)/t10-,11+/m1/s1. The van der Waals surface area contributed by atoms with Gasteiger partial charge in [-0.3, -0.25) is 9.59 Å². The van der Waals surface area contributed by atoms with E-state index >= 15 is 0 Å². The minimum atomic E-state index is -0.832. The summed E-state index contributed by atoms with van der Waals surface area (Å²) >= 11 is 0. The van der Waals surface area contributed by atoms with Crippen LogP contribution in [0.3, 0.4) is 0 Å². The lowest BCUT2D eigenvalue weighted by Gasteiger charge is -2.32. The van der Waals surface area contributed by atoms with Gasteiger partial charge in [0, 0.05) is 13.1 Å². The molecule has 2 fully saturated rings. The lowest BCUT2D eigenvalue weighted by atomic mass is 9.94. The van der Waals surface area contributed by atoms with Gasteiger partial charge in [-0.1, -0.05) is 27.2 Å². The number of amides is 1. The average molecular weight is 253 g/mol. The van der Waals surface area contributed by atoms with Crippen LogP contribution in [0.15, 0.2) is 0 Å². The number of carbonyl (C=O) groups is 2. The number of hydrogen-bond donors (Lipinski definition) is 1. The number of rotatable bonds is 3. The predicted octanol–water partition coefficient (Wildman–Crippen LogP) is 1.99. The zero-order valence-corrected chi connectivity index (χ0v) is 11.5. The van der Waals surface area contributed by atoms with Crippen molar-refractivity contribution < 1.29 is 14.7 Å². The van der Waals surface area contributed by atoms with Gasteiger partial charge in [0.15, 0.2) is 0 Å². The van der Waals surface area contributed by atoms with Gasteiger partial charge >= 0.3 is 5.97 Å². The minimum absolute atomic E-state index is 0.0574. The molecule has 2 atom stereocenters. The monoisotopic (exact) mass is 253 g/mol. The number of nitrogens with zero attached hydrogens (tertiary/aromatic N) is 1. The van der Waals surface area contributed by atoms with Gasteiger partial charge in [0.2, 0.25) is 5.91 Å². The van der Waals surface area contributed by atoms with Crippen LogP contribution in [0.25, 0.3) is 0 Å². The highest BCUT2D eigenvalue weighted by Gasteiger charge is 2.66. The summed E-state index contributed by atoms with van der Waals surface area (Å²) in [6.07, 6.45) is 3.30. The van der Waals surface area contributed by atoms with E-state index in [1.54, 1.807) is 0 Å². The van der Waals surface area contributed by atoms with Crippen LogP contribution < -0.4 is 0 Å². The second-order valence-electron chi connectivity index (χ2n) is 6.29. The van der Waals surface area contributed by atoms with Crippen LogP contribution in [0.5, 0.6) is 0 Å². The van der Waals surface area contributed by atoms with Gasteiger partial charge in [0.25, 0.3) is 0 Å². The SMILES string of the molecule is CCC1CCN(C(=O)[C@H]2[C@@H](C(=O)O)C2(C)C)CC1. The van der Waals surface area contributed by atoms with Crippen LogP contribution >= 0.6 is 0 Å². The van der Waals surface area contributed by atoms with E-state index in [-0.39, 0.29) is 17.2 Å². The number of carboxylic acid groups (broad SMARTS) is 1. The van der Waals surface area contributed by atoms with E-state index in [1.165, 1.54) is 6.42 Å². The Labute approximate surface area is 108 Å². The van der Waals surface area contributed by atoms with Crippen molar-refractivity contribution in [3.05, 3.63) is 0 Å². The molecule has 1 amide bonds. The van der Waals surface area contributed by atoms with Crippen LogP contribution in [0, 0.1) is 23.2 Å². The molecule has 0 aromatic carbocycles. The lowest BCUT2D eigenvalue weighted by Crippen LogP contribution is -2.40. The number of carbonyl (C=O) groups excluding carboxylic acids is 1. The summed E-state index contributed by atoms with van der Waals surface area (Å²) in [4.78, 5) is 25.3. The first kappa shape index (κ1) is 13.4. The molecule has 4 nitrogen and oxygen atoms in total. The van der Waals surface area contributed by atoms with E-state index in [0.717, 1.165) is 31.8 Å². The summed E-state index contributed by atoms with van der Waals surface area (Å²) in [5.74, 6) is -0.845. The molecule has 2 rings (SSSR count). The third kappa shape index (κ3) is 2.13. The molecule has 2 aliphatic rings. The fourth-order valence-corrected chi connectivity index (χ4v) is 3.32. The molecule has 1 aliphatic carbocycles. The number of likely N-dealkylation sites (tertiary alicyclic amines) is 1. The molecule has 0 aromatic rings. The van der Waals surface area contributed by atoms with Crippen molar-refractivity contribution >= 4 is 11.9 Å². The Morgan fingerprint density at radius 3 is 2.17 bits per heavy atom. The van der Waals surface area contributed by atoms with E-state index in [1.807, 2.05) is 18.7 Å². The third-order valence-corrected chi connectivity index (χ3v) is 4.86. The van der Waals surface area contributed by atoms with Gasteiger partial charge in [0.05, 0.1) is 11.8 Å². The Balaban J connectivity index is 1.96. The van der Waals surface area contributed by atoms with E-state index < -0.39 is 11.9 Å². The average Bonchev–Trinajstić information content (AvgIpc) is 2.92. The smallest absolute Gasteiger partial charge is 0.307 e. The second-order valence-corrected chi connectivity index (χ2v) is 6.29. The maximum absolute atomic E-state index is 12.3. The highest BCUT2D eigenvalue weighted by molar-refractivity contribution is 5.91. The topological polar surface area (TPSA) is 57.6 Å². The molecule has 1 heterocycles. The molecule has 0 aromatic heterocycles. The Bertz CT molecular complexity index is 356. The van der Waals surface area contributed by atoms with E-state index in [4.69, 9.17) is 5.11 Å². The predicted molar refractivity (Wildman–Crippen MR) is 68.0 cm³/mol. The molecule has 0 unspecified atom stereocenters. The number of hydrogen-bond acceptors (Lipinski definition) is 2. The molecule has 4 heteroatoms. The van der Waals surface area contributed by atoms with E-state index in [0.29, 0.717) is 0 Å². The van der Waals surface area contributed by atoms with Crippen LogP contribution in [0.1, 0.15) is 40.0 Å². The number of carboxylic acids is 1. The normalized spacial score (nSPS) is 31.2. The maximum Gasteiger partial charge on any atom is 0.307 e. The van der Waals surface area contributed by atoms with Crippen molar-refractivity contribution in [1.82, 2.24) is 4.90 Å². The molecule has 1 aliphatic heterocycles. The fraction of sp³-hybridized carbons (Fsp3) is 0.857. The van der Waals surface area contributed by atoms with Gasteiger partial charge in [-0.25, -0.2) is 0 Å². The molecule has 1 saturated carbocycles. The quantitative estimate of drug-likeness (QED) is 0.837. The number of aliphatic carboxylic acids is 1. The van der Waals surface area contributed by atoms with Gasteiger partial charge in [-0.2, -0.15) is 0 Å². The van der Waals surface area contributed by atoms with Crippen LogP contribution in [-0.2, 0) is 9.59 Å². The summed E-state index contributed by atoms with van der Waals surface area (Å²) in [7, 11) is 0. The molecular formula is C14H23NO3. The molecule has 102 valence electrons. The first-order chi connectivity index (χ1) is 8.39. The van der Waals surface area contributed by atoms with Crippen molar-refractivity contribution in [2.75, 3.05) is 13.1 Å². The van der Waals surface area contributed by atoms with Crippen molar-refractivity contribution in [2.45, 2.75) is 40.0 Å². The van der Waals surface area contributed by atoms with E-state index in [9.17, 15) is 9.59 Å². The van der Waals surface area contributed by atoms with Crippen molar-refractivity contribution in [3.8, 4) is 0 Å². The zero-order valence-electron chi connectivity index (χ0n) is 11.5. The fourth-order valence-electron chi connectivity index (χ4n) is 3.32.